The zero-order valence-electron chi connectivity index (χ0n) is 18.1. The average Bonchev–Trinajstić information content (AvgIpc) is 3.31. The second kappa shape index (κ2) is 5.96. The molecular formula is C25H32O5. The van der Waals surface area contributed by atoms with E-state index in [9.17, 15) is 20.1 Å². The molecule has 2 fully saturated rings. The molecule has 9 atom stereocenters. The van der Waals surface area contributed by atoms with Crippen molar-refractivity contribution < 1.29 is 24.5 Å². The lowest BCUT2D eigenvalue weighted by atomic mass is 9.38. The molecule has 0 spiro atoms. The van der Waals surface area contributed by atoms with Crippen LogP contribution in [0.3, 0.4) is 0 Å². The molecule has 1 aromatic heterocycles. The van der Waals surface area contributed by atoms with E-state index in [1.54, 1.807) is 19.5 Å². The van der Waals surface area contributed by atoms with Crippen LogP contribution in [0.25, 0.3) is 0 Å². The lowest BCUT2D eigenvalue weighted by molar-refractivity contribution is -0.233. The number of aliphatic hydroxyl groups is 3. The first kappa shape index (κ1) is 20.2. The maximum Gasteiger partial charge on any atom is 0.162 e. The van der Waals surface area contributed by atoms with Crippen LogP contribution >= 0.6 is 0 Å². The fourth-order valence-corrected chi connectivity index (χ4v) is 8.17. The lowest BCUT2D eigenvalue weighted by Gasteiger charge is -2.66. The summed E-state index contributed by atoms with van der Waals surface area (Å²) in [6.45, 7) is 7.79. The van der Waals surface area contributed by atoms with E-state index in [4.69, 9.17) is 4.42 Å². The van der Waals surface area contributed by atoms with Gasteiger partial charge in [0.15, 0.2) is 5.78 Å². The third-order valence-corrected chi connectivity index (χ3v) is 9.53. The van der Waals surface area contributed by atoms with Crippen molar-refractivity contribution in [2.75, 3.05) is 0 Å². The van der Waals surface area contributed by atoms with Crippen molar-refractivity contribution in [2.45, 2.75) is 70.7 Å². The molecule has 4 aliphatic carbocycles. The van der Waals surface area contributed by atoms with E-state index in [1.807, 2.05) is 19.9 Å². The fraction of sp³-hybridized carbons (Fsp3) is 0.640. The predicted octanol–water partition coefficient (Wildman–Crippen LogP) is 3.36. The van der Waals surface area contributed by atoms with Gasteiger partial charge in [0.1, 0.15) is 0 Å². The number of aliphatic hydroxyl groups excluding tert-OH is 2. The highest BCUT2D eigenvalue weighted by molar-refractivity contribution is 5.97. The Labute approximate surface area is 177 Å². The number of fused-ring (bicyclic) bond motifs is 5. The first-order chi connectivity index (χ1) is 14.0. The quantitative estimate of drug-likeness (QED) is 0.615. The molecule has 0 bridgehead atoms. The Balaban J connectivity index is 1.65. The summed E-state index contributed by atoms with van der Waals surface area (Å²) >= 11 is 0. The minimum Gasteiger partial charge on any atom is -0.472 e. The molecular weight excluding hydrogens is 380 g/mol. The number of carbonyl (C=O) groups excluding carboxylic acids is 1. The van der Waals surface area contributed by atoms with Crippen LogP contribution in [0.5, 0.6) is 0 Å². The van der Waals surface area contributed by atoms with E-state index in [0.29, 0.717) is 0 Å². The molecule has 0 unspecified atom stereocenters. The molecule has 5 heteroatoms. The standard InChI is InChI=1S/C25H32O5/c1-22-10-7-17-24(3,16(22)6-5-15(22)14-9-12-30-13-14)21(28)19(27)20-23(2,29)11-8-18(26)25(17,20)4/h6,8-9,11-13,15,17,19-21,27-29H,5,7,10H2,1-4H3/t15-,17-,19+,20-,21+,22-,23+,24-,25-/m0/s1. The van der Waals surface area contributed by atoms with Crippen LogP contribution in [-0.2, 0) is 4.79 Å². The molecule has 0 saturated heterocycles. The van der Waals surface area contributed by atoms with Gasteiger partial charge in [0, 0.05) is 16.7 Å². The fourth-order valence-electron chi connectivity index (χ4n) is 8.17. The Morgan fingerprint density at radius 1 is 1.13 bits per heavy atom. The van der Waals surface area contributed by atoms with Crippen LogP contribution in [0.4, 0.5) is 0 Å². The normalized spacial score (nSPS) is 52.4. The topological polar surface area (TPSA) is 90.9 Å². The zero-order valence-corrected chi connectivity index (χ0v) is 18.1. The van der Waals surface area contributed by atoms with Crippen LogP contribution in [0.2, 0.25) is 0 Å². The van der Waals surface area contributed by atoms with Gasteiger partial charge in [-0.1, -0.05) is 32.4 Å². The van der Waals surface area contributed by atoms with E-state index >= 15 is 0 Å². The molecule has 1 heterocycles. The summed E-state index contributed by atoms with van der Waals surface area (Å²) in [5, 5.41) is 33.9. The minimum atomic E-state index is -1.35. The summed E-state index contributed by atoms with van der Waals surface area (Å²) in [5.41, 5.74) is -0.913. The third kappa shape index (κ3) is 2.16. The van der Waals surface area contributed by atoms with E-state index in [2.05, 4.69) is 13.0 Å². The van der Waals surface area contributed by atoms with Crippen LogP contribution in [-0.4, -0.2) is 38.9 Å². The van der Waals surface area contributed by atoms with Crippen molar-refractivity contribution in [1.29, 1.82) is 0 Å². The van der Waals surface area contributed by atoms with Gasteiger partial charge in [-0.05, 0) is 67.2 Å². The van der Waals surface area contributed by atoms with Crippen molar-refractivity contribution in [3.8, 4) is 0 Å². The number of allylic oxidation sites excluding steroid dienone is 2. The first-order valence-corrected chi connectivity index (χ1v) is 11.0. The van der Waals surface area contributed by atoms with Crippen LogP contribution in [0.15, 0.2) is 46.8 Å². The Morgan fingerprint density at radius 2 is 1.87 bits per heavy atom. The van der Waals surface area contributed by atoms with Crippen LogP contribution in [0.1, 0.15) is 58.4 Å². The van der Waals surface area contributed by atoms with E-state index in [-0.39, 0.29) is 23.0 Å². The van der Waals surface area contributed by atoms with Crippen molar-refractivity contribution >= 4 is 5.78 Å². The summed E-state index contributed by atoms with van der Waals surface area (Å²) in [6.07, 6.45) is 8.93. The van der Waals surface area contributed by atoms with Gasteiger partial charge in [-0.15, -0.1) is 0 Å². The highest BCUT2D eigenvalue weighted by Gasteiger charge is 2.72. The molecule has 5 rings (SSSR count). The van der Waals surface area contributed by atoms with Crippen LogP contribution in [0, 0.1) is 28.1 Å². The molecule has 0 aromatic carbocycles. The highest BCUT2D eigenvalue weighted by Crippen LogP contribution is 2.71. The number of rotatable bonds is 1. The predicted molar refractivity (Wildman–Crippen MR) is 111 cm³/mol. The first-order valence-electron chi connectivity index (χ1n) is 11.0. The van der Waals surface area contributed by atoms with Crippen LogP contribution < -0.4 is 0 Å². The Bertz CT molecular complexity index is 943. The van der Waals surface area contributed by atoms with Crippen molar-refractivity contribution in [1.82, 2.24) is 0 Å². The van der Waals surface area contributed by atoms with E-state index in [1.165, 1.54) is 12.2 Å². The largest absolute Gasteiger partial charge is 0.472 e. The van der Waals surface area contributed by atoms with Gasteiger partial charge in [0.2, 0.25) is 0 Å². The van der Waals surface area contributed by atoms with Crippen molar-refractivity contribution in [2.24, 2.45) is 28.1 Å². The Morgan fingerprint density at radius 3 is 2.53 bits per heavy atom. The average molecular weight is 413 g/mol. The van der Waals surface area contributed by atoms with Gasteiger partial charge in [-0.3, -0.25) is 4.79 Å². The summed E-state index contributed by atoms with van der Waals surface area (Å²) in [6, 6.07) is 2.01. The second-order valence-electron chi connectivity index (χ2n) is 10.9. The van der Waals surface area contributed by atoms with E-state index in [0.717, 1.165) is 30.4 Å². The van der Waals surface area contributed by atoms with Gasteiger partial charge >= 0.3 is 0 Å². The Hall–Kier alpha value is -1.69. The number of furan rings is 1. The molecule has 5 nitrogen and oxygen atoms in total. The molecule has 30 heavy (non-hydrogen) atoms. The zero-order chi connectivity index (χ0) is 21.7. The number of carbonyl (C=O) groups is 1. The molecule has 0 aliphatic heterocycles. The van der Waals surface area contributed by atoms with Crippen molar-refractivity contribution in [3.63, 3.8) is 0 Å². The molecule has 1 aromatic rings. The lowest BCUT2D eigenvalue weighted by Crippen LogP contribution is -2.72. The van der Waals surface area contributed by atoms with Gasteiger partial charge < -0.3 is 19.7 Å². The molecule has 0 amide bonds. The number of ketones is 1. The molecule has 2 saturated carbocycles. The van der Waals surface area contributed by atoms with Gasteiger partial charge in [0.05, 0.1) is 30.3 Å². The molecule has 162 valence electrons. The maximum absolute atomic E-state index is 13.3. The van der Waals surface area contributed by atoms with E-state index < -0.39 is 34.6 Å². The molecule has 3 N–H and O–H groups in total. The smallest absolute Gasteiger partial charge is 0.162 e. The summed E-state index contributed by atoms with van der Waals surface area (Å²) in [7, 11) is 0. The monoisotopic (exact) mass is 412 g/mol. The summed E-state index contributed by atoms with van der Waals surface area (Å²) < 4.78 is 5.35. The molecule has 4 aliphatic rings. The van der Waals surface area contributed by atoms with Gasteiger partial charge in [-0.25, -0.2) is 0 Å². The maximum atomic E-state index is 13.3. The summed E-state index contributed by atoms with van der Waals surface area (Å²) in [5.74, 6) is -0.718. The summed E-state index contributed by atoms with van der Waals surface area (Å²) in [4.78, 5) is 13.3. The SMILES string of the molecule is C[C@]12C3=CC[C@@H](c4ccoc4)[C@]3(C)CC[C@@H]1[C@@]1(C)C(=O)C=C[C@@](C)(O)[C@@H]1[C@@H](O)[C@H]2O. The minimum absolute atomic E-state index is 0.0604. The number of hydrogen-bond donors (Lipinski definition) is 3. The Kier molecular flexibility index (Phi) is 4.02. The molecule has 0 radical (unpaired) electrons. The highest BCUT2D eigenvalue weighted by atomic mass is 16.3. The van der Waals surface area contributed by atoms with Gasteiger partial charge in [-0.2, -0.15) is 0 Å². The van der Waals surface area contributed by atoms with Gasteiger partial charge in [0.25, 0.3) is 0 Å². The number of hydrogen-bond acceptors (Lipinski definition) is 5. The third-order valence-electron chi connectivity index (χ3n) is 9.53. The second-order valence-corrected chi connectivity index (χ2v) is 10.9. The van der Waals surface area contributed by atoms with Crippen molar-refractivity contribution in [3.05, 3.63) is 48.0 Å².